The predicted molar refractivity (Wildman–Crippen MR) is 71.9 cm³/mol. The normalized spacial score (nSPS) is 12.2. The first kappa shape index (κ1) is 14.1. The molecule has 5 N–H and O–H groups in total. The van der Waals surface area contributed by atoms with Crippen molar-refractivity contribution in [1.29, 1.82) is 5.26 Å². The number of aromatic nitrogens is 1. The molecule has 1 atom stereocenters. The lowest BCUT2D eigenvalue weighted by Gasteiger charge is -2.17. The van der Waals surface area contributed by atoms with Crippen molar-refractivity contribution in [3.63, 3.8) is 0 Å². The van der Waals surface area contributed by atoms with Crippen molar-refractivity contribution in [3.8, 4) is 6.07 Å². The lowest BCUT2D eigenvalue weighted by Crippen LogP contribution is -2.24. The molecule has 1 aromatic heterocycles. The maximum Gasteiger partial charge on any atom is 0.148 e. The molecule has 0 fully saturated rings. The molecule has 1 heterocycles. The minimum Gasteiger partial charge on any atom is -0.397 e. The second-order valence-electron chi connectivity index (χ2n) is 4.35. The SMILES string of the molecule is CC(C)OC(C)CNc1nc(N)cc(N)c1C#N. The number of pyridine rings is 1. The van der Waals surface area contributed by atoms with E-state index in [0.717, 1.165) is 0 Å². The van der Waals surface area contributed by atoms with Gasteiger partial charge in [-0.05, 0) is 20.8 Å². The molecule has 0 aliphatic rings. The van der Waals surface area contributed by atoms with Gasteiger partial charge in [0.2, 0.25) is 0 Å². The Morgan fingerprint density at radius 2 is 2.11 bits per heavy atom. The molecule has 0 aliphatic carbocycles. The molecular weight excluding hydrogens is 230 g/mol. The third kappa shape index (κ3) is 3.79. The van der Waals surface area contributed by atoms with Crippen molar-refractivity contribution in [1.82, 2.24) is 4.98 Å². The first-order valence-corrected chi connectivity index (χ1v) is 5.79. The van der Waals surface area contributed by atoms with Crippen LogP contribution in [0.4, 0.5) is 17.3 Å². The predicted octanol–water partition coefficient (Wildman–Crippen LogP) is 1.34. The lowest BCUT2D eigenvalue weighted by atomic mass is 10.2. The van der Waals surface area contributed by atoms with Crippen molar-refractivity contribution in [3.05, 3.63) is 11.6 Å². The van der Waals surface area contributed by atoms with Crippen LogP contribution in [0.25, 0.3) is 0 Å². The van der Waals surface area contributed by atoms with Gasteiger partial charge in [0.15, 0.2) is 0 Å². The molecule has 0 aromatic carbocycles. The number of nitrogen functional groups attached to an aromatic ring is 2. The van der Waals surface area contributed by atoms with Crippen molar-refractivity contribution in [2.45, 2.75) is 33.0 Å². The molecule has 6 heteroatoms. The molecule has 0 radical (unpaired) electrons. The van der Waals surface area contributed by atoms with Crippen LogP contribution in [0.2, 0.25) is 0 Å². The van der Waals surface area contributed by atoms with Gasteiger partial charge in [-0.2, -0.15) is 5.26 Å². The molecule has 1 unspecified atom stereocenters. The van der Waals surface area contributed by atoms with E-state index >= 15 is 0 Å². The third-order valence-electron chi connectivity index (χ3n) is 2.24. The Bertz CT molecular complexity index is 453. The van der Waals surface area contributed by atoms with Gasteiger partial charge in [0, 0.05) is 12.6 Å². The summed E-state index contributed by atoms with van der Waals surface area (Å²) in [5.41, 5.74) is 11.9. The van der Waals surface area contributed by atoms with Gasteiger partial charge < -0.3 is 21.5 Å². The quantitative estimate of drug-likeness (QED) is 0.726. The highest BCUT2D eigenvalue weighted by Crippen LogP contribution is 2.21. The highest BCUT2D eigenvalue weighted by atomic mass is 16.5. The fourth-order valence-electron chi connectivity index (χ4n) is 1.58. The summed E-state index contributed by atoms with van der Waals surface area (Å²) in [4.78, 5) is 4.06. The summed E-state index contributed by atoms with van der Waals surface area (Å²) in [6.07, 6.45) is 0.150. The van der Waals surface area contributed by atoms with Gasteiger partial charge in [0.1, 0.15) is 23.3 Å². The maximum atomic E-state index is 9.02. The van der Waals surface area contributed by atoms with Crippen LogP contribution in [0.1, 0.15) is 26.3 Å². The Kier molecular flexibility index (Phi) is 4.75. The van der Waals surface area contributed by atoms with Crippen LogP contribution in [-0.2, 0) is 4.74 Å². The molecule has 98 valence electrons. The Morgan fingerprint density at radius 3 is 2.67 bits per heavy atom. The molecule has 1 rings (SSSR count). The Hall–Kier alpha value is -2.00. The van der Waals surface area contributed by atoms with Crippen LogP contribution in [-0.4, -0.2) is 23.7 Å². The van der Waals surface area contributed by atoms with Gasteiger partial charge in [-0.1, -0.05) is 0 Å². The first-order valence-electron chi connectivity index (χ1n) is 5.79. The van der Waals surface area contributed by atoms with E-state index in [1.165, 1.54) is 6.07 Å². The van der Waals surface area contributed by atoms with Gasteiger partial charge in [0.25, 0.3) is 0 Å². The standard InChI is InChI=1S/C12H19N5O/c1-7(2)18-8(3)6-16-12-9(5-13)10(14)4-11(15)17-12/h4,7-8H,6H2,1-3H3,(H5,14,15,16,17). The van der Waals surface area contributed by atoms with E-state index in [1.54, 1.807) is 0 Å². The largest absolute Gasteiger partial charge is 0.397 e. The van der Waals surface area contributed by atoms with Crippen molar-refractivity contribution in [2.24, 2.45) is 0 Å². The van der Waals surface area contributed by atoms with E-state index in [4.69, 9.17) is 21.5 Å². The summed E-state index contributed by atoms with van der Waals surface area (Å²) in [5.74, 6) is 0.681. The zero-order valence-corrected chi connectivity index (χ0v) is 10.9. The number of hydrogen-bond acceptors (Lipinski definition) is 6. The van der Waals surface area contributed by atoms with Gasteiger partial charge in [-0.25, -0.2) is 4.98 Å². The monoisotopic (exact) mass is 249 g/mol. The highest BCUT2D eigenvalue weighted by molar-refractivity contribution is 5.69. The summed E-state index contributed by atoms with van der Waals surface area (Å²) < 4.78 is 5.57. The minimum absolute atomic E-state index is 0.000924. The molecule has 0 bridgehead atoms. The van der Waals surface area contributed by atoms with Crippen LogP contribution >= 0.6 is 0 Å². The summed E-state index contributed by atoms with van der Waals surface area (Å²) >= 11 is 0. The molecular formula is C12H19N5O. The van der Waals surface area contributed by atoms with E-state index in [1.807, 2.05) is 26.8 Å². The average Bonchev–Trinajstić information content (AvgIpc) is 2.24. The maximum absolute atomic E-state index is 9.02. The summed E-state index contributed by atoms with van der Waals surface area (Å²) in [6.45, 7) is 6.40. The minimum atomic E-state index is 0.000924. The molecule has 0 saturated carbocycles. The number of nitrogens with one attached hydrogen (secondary N) is 1. The van der Waals surface area contributed by atoms with Crippen LogP contribution in [0.3, 0.4) is 0 Å². The molecule has 18 heavy (non-hydrogen) atoms. The van der Waals surface area contributed by atoms with Crippen molar-refractivity contribution < 1.29 is 4.74 Å². The third-order valence-corrected chi connectivity index (χ3v) is 2.24. The van der Waals surface area contributed by atoms with E-state index in [0.29, 0.717) is 23.6 Å². The number of nitrogens with zero attached hydrogens (tertiary/aromatic N) is 2. The molecule has 0 saturated heterocycles. The fraction of sp³-hybridized carbons (Fsp3) is 0.500. The number of rotatable bonds is 5. The zero-order chi connectivity index (χ0) is 13.7. The van der Waals surface area contributed by atoms with Crippen LogP contribution < -0.4 is 16.8 Å². The van der Waals surface area contributed by atoms with E-state index in [2.05, 4.69) is 10.3 Å². The van der Waals surface area contributed by atoms with Crippen LogP contribution in [0.5, 0.6) is 0 Å². The van der Waals surface area contributed by atoms with Crippen LogP contribution in [0, 0.1) is 11.3 Å². The Labute approximate surface area is 107 Å². The second-order valence-corrected chi connectivity index (χ2v) is 4.35. The van der Waals surface area contributed by atoms with E-state index < -0.39 is 0 Å². The van der Waals surface area contributed by atoms with Gasteiger partial charge in [0.05, 0.1) is 17.9 Å². The summed E-state index contributed by atoms with van der Waals surface area (Å²) in [7, 11) is 0. The molecule has 6 nitrogen and oxygen atoms in total. The zero-order valence-electron chi connectivity index (χ0n) is 10.9. The Morgan fingerprint density at radius 1 is 1.44 bits per heavy atom. The van der Waals surface area contributed by atoms with Crippen LogP contribution in [0.15, 0.2) is 6.07 Å². The van der Waals surface area contributed by atoms with Crippen molar-refractivity contribution >= 4 is 17.3 Å². The lowest BCUT2D eigenvalue weighted by molar-refractivity contribution is 0.0266. The van der Waals surface area contributed by atoms with Gasteiger partial charge in [-0.3, -0.25) is 0 Å². The molecule has 0 aliphatic heterocycles. The topological polar surface area (TPSA) is 110 Å². The molecule has 0 amide bonds. The number of nitrogens with two attached hydrogens (primary N) is 2. The van der Waals surface area contributed by atoms with Gasteiger partial charge in [-0.15, -0.1) is 0 Å². The number of hydrogen-bond donors (Lipinski definition) is 3. The van der Waals surface area contributed by atoms with E-state index in [-0.39, 0.29) is 18.0 Å². The molecule has 1 aromatic rings. The van der Waals surface area contributed by atoms with Gasteiger partial charge >= 0.3 is 0 Å². The van der Waals surface area contributed by atoms with E-state index in [9.17, 15) is 0 Å². The number of anilines is 3. The van der Waals surface area contributed by atoms with Crippen molar-refractivity contribution in [2.75, 3.05) is 23.3 Å². The second kappa shape index (κ2) is 6.07. The number of ether oxygens (including phenoxy) is 1. The number of nitriles is 1. The molecule has 0 spiro atoms. The summed E-state index contributed by atoms with van der Waals surface area (Å²) in [5, 5.41) is 12.1. The smallest absolute Gasteiger partial charge is 0.148 e. The Balaban J connectivity index is 2.76. The highest BCUT2D eigenvalue weighted by Gasteiger charge is 2.11. The average molecular weight is 249 g/mol. The first-order chi connectivity index (χ1) is 8.43. The fourth-order valence-corrected chi connectivity index (χ4v) is 1.58. The summed E-state index contributed by atoms with van der Waals surface area (Å²) in [6, 6.07) is 3.48.